The summed E-state index contributed by atoms with van der Waals surface area (Å²) in [5.41, 5.74) is 13.6. The third-order valence-corrected chi connectivity index (χ3v) is 3.88. The van der Waals surface area contributed by atoms with Crippen LogP contribution in [0.15, 0.2) is 40.6 Å². The Labute approximate surface area is 107 Å². The van der Waals surface area contributed by atoms with Gasteiger partial charge in [0, 0.05) is 12.6 Å². The summed E-state index contributed by atoms with van der Waals surface area (Å²) in [6.45, 7) is 1.01. The van der Waals surface area contributed by atoms with Crippen molar-refractivity contribution in [2.45, 2.75) is 31.0 Å². The van der Waals surface area contributed by atoms with Crippen molar-refractivity contribution in [1.29, 1.82) is 0 Å². The standard InChI is InChI=1S/C13H19N5/c14-11-7-6-9-8-15-17-12(9)13(11)18-16-10-4-2-1-3-5-10/h1-5,9,11-13,15,17H,6-8,14H2. The molecular formula is C13H19N5. The molecule has 1 heterocycles. The highest BCUT2D eigenvalue weighted by Gasteiger charge is 2.40. The first-order chi connectivity index (χ1) is 8.84. The van der Waals surface area contributed by atoms with Crippen LogP contribution in [0.3, 0.4) is 0 Å². The van der Waals surface area contributed by atoms with Crippen molar-refractivity contribution >= 4 is 5.69 Å². The van der Waals surface area contributed by atoms with Crippen LogP contribution >= 0.6 is 0 Å². The molecule has 1 saturated heterocycles. The molecule has 3 rings (SSSR count). The topological polar surface area (TPSA) is 74.8 Å². The number of benzene rings is 1. The lowest BCUT2D eigenvalue weighted by Gasteiger charge is -2.34. The fraction of sp³-hybridized carbons (Fsp3) is 0.538. The monoisotopic (exact) mass is 245 g/mol. The highest BCUT2D eigenvalue weighted by atomic mass is 15.4. The van der Waals surface area contributed by atoms with E-state index in [2.05, 4.69) is 21.1 Å². The molecule has 4 atom stereocenters. The second-order valence-electron chi connectivity index (χ2n) is 5.09. The van der Waals surface area contributed by atoms with Crippen LogP contribution in [0.5, 0.6) is 0 Å². The lowest BCUT2D eigenvalue weighted by Crippen LogP contribution is -2.53. The van der Waals surface area contributed by atoms with Gasteiger partial charge in [0.25, 0.3) is 0 Å². The highest BCUT2D eigenvalue weighted by Crippen LogP contribution is 2.29. The van der Waals surface area contributed by atoms with Crippen molar-refractivity contribution < 1.29 is 0 Å². The van der Waals surface area contributed by atoms with Gasteiger partial charge in [0.15, 0.2) is 0 Å². The number of fused-ring (bicyclic) bond motifs is 1. The van der Waals surface area contributed by atoms with E-state index in [9.17, 15) is 0 Å². The van der Waals surface area contributed by atoms with Crippen molar-refractivity contribution in [2.75, 3.05) is 6.54 Å². The van der Waals surface area contributed by atoms with Crippen LogP contribution in [0.4, 0.5) is 5.69 Å². The SMILES string of the molecule is NC1CCC2CNNC2C1N=Nc1ccccc1. The molecule has 1 aliphatic heterocycles. The van der Waals surface area contributed by atoms with E-state index < -0.39 is 0 Å². The molecule has 0 bridgehead atoms. The van der Waals surface area contributed by atoms with Crippen molar-refractivity contribution in [1.82, 2.24) is 10.9 Å². The zero-order chi connectivity index (χ0) is 12.4. The molecule has 2 aliphatic rings. The van der Waals surface area contributed by atoms with Gasteiger partial charge in [0.05, 0.1) is 11.7 Å². The van der Waals surface area contributed by atoms with Crippen molar-refractivity contribution in [2.24, 2.45) is 21.9 Å². The number of nitrogens with zero attached hydrogens (tertiary/aromatic N) is 2. The summed E-state index contributed by atoms with van der Waals surface area (Å²) in [6.07, 6.45) is 2.20. The number of nitrogens with two attached hydrogens (primary N) is 1. The van der Waals surface area contributed by atoms with E-state index >= 15 is 0 Å². The van der Waals surface area contributed by atoms with E-state index in [0.717, 1.165) is 18.7 Å². The van der Waals surface area contributed by atoms with Crippen LogP contribution in [-0.4, -0.2) is 24.7 Å². The number of hydrogen-bond donors (Lipinski definition) is 3. The minimum absolute atomic E-state index is 0.0685. The lowest BCUT2D eigenvalue weighted by molar-refractivity contribution is 0.259. The molecule has 1 aromatic rings. The summed E-state index contributed by atoms with van der Waals surface area (Å²) in [7, 11) is 0. The van der Waals surface area contributed by atoms with Crippen LogP contribution in [0.2, 0.25) is 0 Å². The van der Waals surface area contributed by atoms with E-state index in [0.29, 0.717) is 12.0 Å². The fourth-order valence-corrected chi connectivity index (χ4v) is 2.83. The van der Waals surface area contributed by atoms with E-state index in [-0.39, 0.29) is 12.1 Å². The lowest BCUT2D eigenvalue weighted by atomic mass is 9.80. The number of nitrogens with one attached hydrogen (secondary N) is 2. The molecule has 5 heteroatoms. The summed E-state index contributed by atoms with van der Waals surface area (Å²) in [6, 6.07) is 10.3. The van der Waals surface area contributed by atoms with Gasteiger partial charge in [-0.3, -0.25) is 10.9 Å². The summed E-state index contributed by atoms with van der Waals surface area (Å²) in [5.74, 6) is 0.629. The third-order valence-electron chi connectivity index (χ3n) is 3.88. The summed E-state index contributed by atoms with van der Waals surface area (Å²) in [5, 5.41) is 8.79. The third kappa shape index (κ3) is 2.29. The van der Waals surface area contributed by atoms with Gasteiger partial charge < -0.3 is 5.73 Å². The highest BCUT2D eigenvalue weighted by molar-refractivity contribution is 5.34. The van der Waals surface area contributed by atoms with Crippen molar-refractivity contribution in [3.05, 3.63) is 30.3 Å². The van der Waals surface area contributed by atoms with Crippen LogP contribution in [0, 0.1) is 5.92 Å². The van der Waals surface area contributed by atoms with Gasteiger partial charge in [-0.1, -0.05) is 18.2 Å². The molecule has 5 nitrogen and oxygen atoms in total. The van der Waals surface area contributed by atoms with Crippen LogP contribution in [0.1, 0.15) is 12.8 Å². The average molecular weight is 245 g/mol. The molecule has 0 radical (unpaired) electrons. The second kappa shape index (κ2) is 5.14. The minimum Gasteiger partial charge on any atom is -0.326 e. The smallest absolute Gasteiger partial charge is 0.103 e. The van der Waals surface area contributed by atoms with Gasteiger partial charge in [-0.25, -0.2) is 0 Å². The normalized spacial score (nSPS) is 35.8. The zero-order valence-corrected chi connectivity index (χ0v) is 10.3. The molecule has 1 aliphatic carbocycles. The second-order valence-corrected chi connectivity index (χ2v) is 5.09. The van der Waals surface area contributed by atoms with Gasteiger partial charge >= 0.3 is 0 Å². The molecule has 96 valence electrons. The van der Waals surface area contributed by atoms with E-state index in [1.807, 2.05) is 30.3 Å². The van der Waals surface area contributed by atoms with Crippen LogP contribution in [0.25, 0.3) is 0 Å². The Hall–Kier alpha value is -1.30. The first kappa shape index (κ1) is 11.8. The zero-order valence-electron chi connectivity index (χ0n) is 10.3. The molecule has 1 aromatic carbocycles. The minimum atomic E-state index is 0.0685. The molecule has 0 aromatic heterocycles. The maximum Gasteiger partial charge on any atom is 0.103 e. The summed E-state index contributed by atoms with van der Waals surface area (Å²) >= 11 is 0. The molecule has 4 unspecified atom stereocenters. The fourth-order valence-electron chi connectivity index (χ4n) is 2.83. The van der Waals surface area contributed by atoms with E-state index in [1.165, 1.54) is 6.42 Å². The van der Waals surface area contributed by atoms with Gasteiger partial charge in [0.2, 0.25) is 0 Å². The predicted octanol–water partition coefficient (Wildman–Crippen LogP) is 1.35. The molecular weight excluding hydrogens is 226 g/mol. The molecule has 0 amide bonds. The first-order valence-corrected chi connectivity index (χ1v) is 6.54. The Bertz CT molecular complexity index is 419. The quantitative estimate of drug-likeness (QED) is 0.689. The molecule has 2 fully saturated rings. The Morgan fingerprint density at radius 1 is 1.17 bits per heavy atom. The molecule has 1 saturated carbocycles. The number of hydrogen-bond acceptors (Lipinski definition) is 5. The Balaban J connectivity index is 1.75. The molecule has 4 N–H and O–H groups in total. The maximum absolute atomic E-state index is 6.18. The summed E-state index contributed by atoms with van der Waals surface area (Å²) in [4.78, 5) is 0. The van der Waals surface area contributed by atoms with E-state index in [1.54, 1.807) is 0 Å². The van der Waals surface area contributed by atoms with Gasteiger partial charge in [0.1, 0.15) is 6.04 Å². The van der Waals surface area contributed by atoms with Gasteiger partial charge in [-0.2, -0.15) is 10.2 Å². The largest absolute Gasteiger partial charge is 0.326 e. The van der Waals surface area contributed by atoms with Crippen LogP contribution < -0.4 is 16.6 Å². The summed E-state index contributed by atoms with van der Waals surface area (Å²) < 4.78 is 0. The number of hydrazine groups is 1. The molecule has 18 heavy (non-hydrogen) atoms. The number of azo groups is 1. The Morgan fingerprint density at radius 2 is 2.00 bits per heavy atom. The maximum atomic E-state index is 6.18. The van der Waals surface area contributed by atoms with E-state index in [4.69, 9.17) is 5.73 Å². The number of rotatable bonds is 2. The first-order valence-electron chi connectivity index (χ1n) is 6.54. The Kier molecular flexibility index (Phi) is 3.36. The van der Waals surface area contributed by atoms with Crippen LogP contribution in [-0.2, 0) is 0 Å². The van der Waals surface area contributed by atoms with Crippen molar-refractivity contribution in [3.8, 4) is 0 Å². The Morgan fingerprint density at radius 3 is 2.83 bits per heavy atom. The predicted molar refractivity (Wildman–Crippen MR) is 70.4 cm³/mol. The molecule has 0 spiro atoms. The van der Waals surface area contributed by atoms with Crippen molar-refractivity contribution in [3.63, 3.8) is 0 Å². The van der Waals surface area contributed by atoms with Gasteiger partial charge in [-0.15, -0.1) is 0 Å². The van der Waals surface area contributed by atoms with Gasteiger partial charge in [-0.05, 0) is 30.9 Å². The average Bonchev–Trinajstić information content (AvgIpc) is 2.87.